The summed E-state index contributed by atoms with van der Waals surface area (Å²) in [5, 5.41) is 0. The minimum Gasteiger partial charge on any atom is -0.481 e. The first-order valence-electron chi connectivity index (χ1n) is 5.32. The van der Waals surface area contributed by atoms with E-state index >= 15 is 0 Å². The number of pyridine rings is 1. The summed E-state index contributed by atoms with van der Waals surface area (Å²) in [4.78, 5) is 15.4. The van der Waals surface area contributed by atoms with E-state index in [1.165, 1.54) is 0 Å². The van der Waals surface area contributed by atoms with Crippen molar-refractivity contribution < 1.29 is 9.53 Å². The Hall–Kier alpha value is -2.16. The summed E-state index contributed by atoms with van der Waals surface area (Å²) >= 11 is 0. The van der Waals surface area contributed by atoms with Gasteiger partial charge in [-0.1, -0.05) is 18.2 Å². The highest BCUT2D eigenvalue weighted by molar-refractivity contribution is 5.95. The Labute approximate surface area is 100 Å². The Morgan fingerprint density at radius 1 is 1.18 bits per heavy atom. The van der Waals surface area contributed by atoms with Crippen molar-refractivity contribution >= 4 is 5.78 Å². The molecule has 0 unspecified atom stereocenters. The lowest BCUT2D eigenvalue weighted by atomic mass is 10.0. The highest BCUT2D eigenvalue weighted by atomic mass is 16.5. The van der Waals surface area contributed by atoms with Gasteiger partial charge < -0.3 is 4.74 Å². The molecule has 3 heteroatoms. The molecule has 0 saturated carbocycles. The lowest BCUT2D eigenvalue weighted by Gasteiger charge is -2.05. The molecular formula is C14H13NO2. The van der Waals surface area contributed by atoms with E-state index in [1.807, 2.05) is 36.4 Å². The molecule has 0 fully saturated rings. The molecule has 86 valence electrons. The maximum atomic E-state index is 11.3. The molecule has 17 heavy (non-hydrogen) atoms. The number of methoxy groups -OCH3 is 1. The number of ketones is 1. The monoisotopic (exact) mass is 227 g/mol. The van der Waals surface area contributed by atoms with Crippen LogP contribution < -0.4 is 4.74 Å². The van der Waals surface area contributed by atoms with Crippen LogP contribution in [0.25, 0.3) is 11.1 Å². The third kappa shape index (κ3) is 2.50. The van der Waals surface area contributed by atoms with E-state index in [1.54, 1.807) is 20.2 Å². The Balaban J connectivity index is 2.45. The second-order valence-corrected chi connectivity index (χ2v) is 3.72. The highest BCUT2D eigenvalue weighted by Crippen LogP contribution is 2.23. The molecule has 1 aromatic heterocycles. The van der Waals surface area contributed by atoms with Gasteiger partial charge in [0.25, 0.3) is 0 Å². The zero-order valence-corrected chi connectivity index (χ0v) is 9.81. The Morgan fingerprint density at radius 3 is 2.65 bits per heavy atom. The molecule has 2 aromatic rings. The van der Waals surface area contributed by atoms with Crippen molar-refractivity contribution in [3.63, 3.8) is 0 Å². The topological polar surface area (TPSA) is 39.2 Å². The molecule has 2 rings (SSSR count). The average Bonchev–Trinajstić information content (AvgIpc) is 2.39. The van der Waals surface area contributed by atoms with Gasteiger partial charge >= 0.3 is 0 Å². The smallest absolute Gasteiger partial charge is 0.213 e. The molecule has 0 atom stereocenters. The van der Waals surface area contributed by atoms with Gasteiger partial charge in [-0.05, 0) is 30.2 Å². The number of hydrogen-bond donors (Lipinski definition) is 0. The first kappa shape index (κ1) is 11.3. The zero-order valence-electron chi connectivity index (χ0n) is 9.81. The fourth-order valence-electron chi connectivity index (χ4n) is 1.62. The summed E-state index contributed by atoms with van der Waals surface area (Å²) in [5.74, 6) is 0.628. The molecule has 0 aliphatic heterocycles. The van der Waals surface area contributed by atoms with Gasteiger partial charge in [-0.3, -0.25) is 4.79 Å². The van der Waals surface area contributed by atoms with Gasteiger partial charge in [0.1, 0.15) is 0 Å². The number of rotatable bonds is 3. The van der Waals surface area contributed by atoms with E-state index in [-0.39, 0.29) is 5.78 Å². The number of hydrogen-bond acceptors (Lipinski definition) is 3. The van der Waals surface area contributed by atoms with Crippen molar-refractivity contribution in [2.45, 2.75) is 6.92 Å². The fourth-order valence-corrected chi connectivity index (χ4v) is 1.62. The molecule has 0 N–H and O–H groups in total. The van der Waals surface area contributed by atoms with Crippen molar-refractivity contribution in [2.24, 2.45) is 0 Å². The molecule has 0 aliphatic rings. The van der Waals surface area contributed by atoms with E-state index in [9.17, 15) is 4.79 Å². The number of aromatic nitrogens is 1. The van der Waals surface area contributed by atoms with E-state index in [2.05, 4.69) is 4.98 Å². The van der Waals surface area contributed by atoms with Crippen LogP contribution in [0.4, 0.5) is 0 Å². The maximum absolute atomic E-state index is 11.3. The summed E-state index contributed by atoms with van der Waals surface area (Å²) < 4.78 is 5.08. The van der Waals surface area contributed by atoms with Gasteiger partial charge in [-0.25, -0.2) is 4.98 Å². The van der Waals surface area contributed by atoms with E-state index in [0.717, 1.165) is 11.1 Å². The van der Waals surface area contributed by atoms with Crippen LogP contribution >= 0.6 is 0 Å². The largest absolute Gasteiger partial charge is 0.481 e. The van der Waals surface area contributed by atoms with Crippen LogP contribution in [0.15, 0.2) is 42.6 Å². The minimum atomic E-state index is 0.0628. The molecule has 3 nitrogen and oxygen atoms in total. The molecule has 1 heterocycles. The van der Waals surface area contributed by atoms with Crippen LogP contribution in [0.5, 0.6) is 5.88 Å². The number of benzene rings is 1. The van der Waals surface area contributed by atoms with Gasteiger partial charge in [-0.2, -0.15) is 0 Å². The Bertz CT molecular complexity index is 549. The van der Waals surface area contributed by atoms with Crippen LogP contribution in [-0.2, 0) is 0 Å². The van der Waals surface area contributed by atoms with Gasteiger partial charge in [0.2, 0.25) is 5.88 Å². The van der Waals surface area contributed by atoms with Crippen LogP contribution in [0, 0.1) is 0 Å². The average molecular weight is 227 g/mol. The quantitative estimate of drug-likeness (QED) is 0.757. The summed E-state index contributed by atoms with van der Waals surface area (Å²) in [6.07, 6.45) is 1.69. The first-order chi connectivity index (χ1) is 8.20. The third-order valence-electron chi connectivity index (χ3n) is 2.55. The van der Waals surface area contributed by atoms with Crippen LogP contribution in [-0.4, -0.2) is 17.9 Å². The molecule has 0 bridgehead atoms. The summed E-state index contributed by atoms with van der Waals surface area (Å²) in [6.45, 7) is 1.56. The van der Waals surface area contributed by atoms with E-state index in [0.29, 0.717) is 11.4 Å². The van der Waals surface area contributed by atoms with Gasteiger partial charge in [-0.15, -0.1) is 0 Å². The van der Waals surface area contributed by atoms with Crippen LogP contribution in [0.2, 0.25) is 0 Å². The van der Waals surface area contributed by atoms with E-state index in [4.69, 9.17) is 4.74 Å². The lowest BCUT2D eigenvalue weighted by Crippen LogP contribution is -1.92. The lowest BCUT2D eigenvalue weighted by molar-refractivity contribution is 0.101. The Morgan fingerprint density at radius 2 is 1.94 bits per heavy atom. The van der Waals surface area contributed by atoms with Crippen molar-refractivity contribution in [3.8, 4) is 17.0 Å². The molecule has 0 amide bonds. The maximum Gasteiger partial charge on any atom is 0.213 e. The van der Waals surface area contributed by atoms with Gasteiger partial charge in [0.15, 0.2) is 5.78 Å². The van der Waals surface area contributed by atoms with Crippen molar-refractivity contribution in [3.05, 3.63) is 48.2 Å². The summed E-state index contributed by atoms with van der Waals surface area (Å²) in [5.41, 5.74) is 2.68. The predicted octanol–water partition coefficient (Wildman–Crippen LogP) is 2.96. The second-order valence-electron chi connectivity index (χ2n) is 3.72. The summed E-state index contributed by atoms with van der Waals surface area (Å²) in [7, 11) is 1.58. The Kier molecular flexibility index (Phi) is 3.19. The molecule has 0 aliphatic carbocycles. The zero-order chi connectivity index (χ0) is 12.3. The highest BCUT2D eigenvalue weighted by Gasteiger charge is 2.03. The number of Topliss-reactive ketones (excluding diaryl/α,β-unsaturated/α-hetero) is 1. The number of ether oxygens (including phenoxy) is 1. The molecular weight excluding hydrogens is 214 g/mol. The second kappa shape index (κ2) is 4.78. The van der Waals surface area contributed by atoms with Crippen LogP contribution in [0.1, 0.15) is 17.3 Å². The molecule has 0 spiro atoms. The number of carbonyl (C=O) groups is 1. The first-order valence-corrected chi connectivity index (χ1v) is 5.32. The van der Waals surface area contributed by atoms with Crippen molar-refractivity contribution in [1.82, 2.24) is 4.98 Å². The number of nitrogens with zero attached hydrogens (tertiary/aromatic N) is 1. The number of carbonyl (C=O) groups excluding carboxylic acids is 1. The fraction of sp³-hybridized carbons (Fsp3) is 0.143. The predicted molar refractivity (Wildman–Crippen MR) is 66.2 cm³/mol. The SMILES string of the molecule is COc1cc(-c2cccc(C(C)=O)c2)ccn1. The normalized spacial score (nSPS) is 10.0. The molecule has 1 aromatic carbocycles. The summed E-state index contributed by atoms with van der Waals surface area (Å²) in [6, 6.07) is 11.3. The molecule has 0 radical (unpaired) electrons. The third-order valence-corrected chi connectivity index (χ3v) is 2.55. The van der Waals surface area contributed by atoms with Gasteiger partial charge in [0, 0.05) is 17.8 Å². The van der Waals surface area contributed by atoms with Gasteiger partial charge in [0.05, 0.1) is 7.11 Å². The standard InChI is InChI=1S/C14H13NO2/c1-10(16)11-4-3-5-12(8-11)13-6-7-15-14(9-13)17-2/h3-9H,1-2H3. The van der Waals surface area contributed by atoms with Crippen molar-refractivity contribution in [1.29, 1.82) is 0 Å². The van der Waals surface area contributed by atoms with Crippen LogP contribution in [0.3, 0.4) is 0 Å². The minimum absolute atomic E-state index is 0.0628. The van der Waals surface area contributed by atoms with E-state index < -0.39 is 0 Å². The van der Waals surface area contributed by atoms with Crippen molar-refractivity contribution in [2.75, 3.05) is 7.11 Å². The molecule has 0 saturated heterocycles.